The van der Waals surface area contributed by atoms with E-state index in [9.17, 15) is 27.2 Å². The number of alkyl halides is 3. The second-order valence-corrected chi connectivity index (χ2v) is 4.29. The number of amides is 2. The molecule has 2 amide bonds. The fourth-order valence-corrected chi connectivity index (χ4v) is 1.60. The molecule has 1 atom stereocenters. The maximum atomic E-state index is 13.5. The summed E-state index contributed by atoms with van der Waals surface area (Å²) in [4.78, 5) is 22.4. The Labute approximate surface area is 117 Å². The minimum Gasteiger partial charge on any atom is -0.478 e. The molecule has 0 saturated carbocycles. The van der Waals surface area contributed by atoms with E-state index in [-0.39, 0.29) is 0 Å². The van der Waals surface area contributed by atoms with Gasteiger partial charge < -0.3 is 15.7 Å². The molecule has 0 fully saturated rings. The van der Waals surface area contributed by atoms with E-state index in [1.807, 2.05) is 10.6 Å². The molecule has 0 aliphatic rings. The number of carbonyl (C=O) groups is 2. The van der Waals surface area contributed by atoms with Crippen molar-refractivity contribution in [3.05, 3.63) is 29.6 Å². The number of carboxylic acid groups (broad SMARTS) is 1. The molecule has 0 radical (unpaired) electrons. The molecule has 116 valence electrons. The van der Waals surface area contributed by atoms with Gasteiger partial charge in [-0.3, -0.25) is 0 Å². The van der Waals surface area contributed by atoms with E-state index >= 15 is 0 Å². The molecule has 0 aromatic heterocycles. The Bertz CT molecular complexity index is 546. The molecule has 5 nitrogen and oxygen atoms in total. The molecular formula is C12H12F4N2O3. The third-order valence-corrected chi connectivity index (χ3v) is 2.40. The van der Waals surface area contributed by atoms with Crippen molar-refractivity contribution in [2.75, 3.05) is 5.32 Å². The first kappa shape index (κ1) is 16.7. The third-order valence-electron chi connectivity index (χ3n) is 2.40. The zero-order valence-electron chi connectivity index (χ0n) is 10.8. The number of carbonyl (C=O) groups excluding carboxylic acids is 1. The number of carboxylic acids is 1. The third kappa shape index (κ3) is 5.28. The van der Waals surface area contributed by atoms with Gasteiger partial charge in [-0.1, -0.05) is 6.07 Å². The predicted octanol–water partition coefficient (Wildman–Crippen LogP) is 2.99. The Morgan fingerprint density at radius 1 is 1.33 bits per heavy atom. The molecule has 0 spiro atoms. The van der Waals surface area contributed by atoms with Crippen molar-refractivity contribution in [2.45, 2.75) is 25.6 Å². The van der Waals surface area contributed by atoms with E-state index < -0.39 is 47.7 Å². The first-order chi connectivity index (χ1) is 9.60. The standard InChI is InChI=1S/C12H12F4N2O3/c1-6(5-12(14,15)16)17-11(21)18-9-7(10(19)20)3-2-4-8(9)13/h2-4,6H,5H2,1H3,(H,19,20)(H2,17,18,21). The van der Waals surface area contributed by atoms with Crippen LogP contribution in [0, 0.1) is 5.82 Å². The van der Waals surface area contributed by atoms with Crippen molar-refractivity contribution >= 4 is 17.7 Å². The highest BCUT2D eigenvalue weighted by molar-refractivity contribution is 6.00. The second kappa shape index (κ2) is 6.42. The first-order valence-electron chi connectivity index (χ1n) is 5.76. The lowest BCUT2D eigenvalue weighted by atomic mass is 10.1. The maximum Gasteiger partial charge on any atom is 0.391 e. The van der Waals surface area contributed by atoms with Crippen molar-refractivity contribution in [3.8, 4) is 0 Å². The minimum absolute atomic E-state index is 0.506. The second-order valence-electron chi connectivity index (χ2n) is 4.29. The lowest BCUT2D eigenvalue weighted by Gasteiger charge is -2.17. The molecule has 0 heterocycles. The zero-order valence-corrected chi connectivity index (χ0v) is 10.8. The van der Waals surface area contributed by atoms with E-state index in [0.717, 1.165) is 25.1 Å². The minimum atomic E-state index is -4.46. The van der Waals surface area contributed by atoms with Gasteiger partial charge in [-0.25, -0.2) is 14.0 Å². The Morgan fingerprint density at radius 2 is 1.95 bits per heavy atom. The molecule has 21 heavy (non-hydrogen) atoms. The predicted molar refractivity (Wildman–Crippen MR) is 65.6 cm³/mol. The number of halogens is 4. The lowest BCUT2D eigenvalue weighted by molar-refractivity contribution is -0.138. The average molecular weight is 308 g/mol. The van der Waals surface area contributed by atoms with E-state index in [0.29, 0.717) is 0 Å². The number of nitrogens with one attached hydrogen (secondary N) is 2. The van der Waals surface area contributed by atoms with Crippen LogP contribution in [0.4, 0.5) is 28.0 Å². The molecule has 0 aliphatic carbocycles. The number of hydrogen-bond donors (Lipinski definition) is 3. The Balaban J connectivity index is 2.78. The highest BCUT2D eigenvalue weighted by Crippen LogP contribution is 2.22. The van der Waals surface area contributed by atoms with Crippen LogP contribution in [-0.2, 0) is 0 Å². The number of rotatable bonds is 4. The molecule has 1 aromatic rings. The molecule has 1 rings (SSSR count). The monoisotopic (exact) mass is 308 g/mol. The fourth-order valence-electron chi connectivity index (χ4n) is 1.60. The van der Waals surface area contributed by atoms with Crippen LogP contribution in [-0.4, -0.2) is 29.3 Å². The van der Waals surface area contributed by atoms with Crippen molar-refractivity contribution in [2.24, 2.45) is 0 Å². The van der Waals surface area contributed by atoms with Crippen molar-refractivity contribution in [3.63, 3.8) is 0 Å². The summed E-state index contributed by atoms with van der Waals surface area (Å²) >= 11 is 0. The van der Waals surface area contributed by atoms with Gasteiger partial charge in [0.05, 0.1) is 17.7 Å². The Hall–Kier alpha value is -2.32. The highest BCUT2D eigenvalue weighted by Gasteiger charge is 2.30. The van der Waals surface area contributed by atoms with Crippen LogP contribution in [0.25, 0.3) is 0 Å². The first-order valence-corrected chi connectivity index (χ1v) is 5.76. The van der Waals surface area contributed by atoms with Crippen molar-refractivity contribution in [1.82, 2.24) is 5.32 Å². The summed E-state index contributed by atoms with van der Waals surface area (Å²) in [7, 11) is 0. The topological polar surface area (TPSA) is 78.4 Å². The number of benzene rings is 1. The number of aromatic carboxylic acids is 1. The molecule has 0 saturated heterocycles. The van der Waals surface area contributed by atoms with Crippen LogP contribution in [0.15, 0.2) is 18.2 Å². The van der Waals surface area contributed by atoms with Crippen LogP contribution in [0.2, 0.25) is 0 Å². The van der Waals surface area contributed by atoms with E-state index in [1.54, 1.807) is 0 Å². The van der Waals surface area contributed by atoms with E-state index in [1.165, 1.54) is 0 Å². The van der Waals surface area contributed by atoms with Gasteiger partial charge in [0.15, 0.2) is 0 Å². The van der Waals surface area contributed by atoms with Gasteiger partial charge >= 0.3 is 18.2 Å². The SMILES string of the molecule is CC(CC(F)(F)F)NC(=O)Nc1c(F)cccc1C(=O)O. The number of hydrogen-bond acceptors (Lipinski definition) is 2. The van der Waals surface area contributed by atoms with E-state index in [2.05, 4.69) is 0 Å². The summed E-state index contributed by atoms with van der Waals surface area (Å²) in [6.07, 6.45) is -5.72. The Morgan fingerprint density at radius 3 is 2.48 bits per heavy atom. The van der Waals surface area contributed by atoms with Gasteiger partial charge in [-0.2, -0.15) is 13.2 Å². The average Bonchev–Trinajstić information content (AvgIpc) is 2.28. The number of anilines is 1. The molecule has 3 N–H and O–H groups in total. The quantitative estimate of drug-likeness (QED) is 0.748. The molecule has 0 aliphatic heterocycles. The van der Waals surface area contributed by atoms with Gasteiger partial charge in [0.1, 0.15) is 5.82 Å². The molecule has 9 heteroatoms. The van der Waals surface area contributed by atoms with Crippen molar-refractivity contribution < 1.29 is 32.3 Å². The maximum absolute atomic E-state index is 13.5. The summed E-state index contributed by atoms with van der Waals surface area (Å²) < 4.78 is 49.8. The van der Waals surface area contributed by atoms with Gasteiger partial charge in [0.25, 0.3) is 0 Å². The Kier molecular flexibility index (Phi) is 5.12. The highest BCUT2D eigenvalue weighted by atomic mass is 19.4. The normalized spacial score (nSPS) is 12.6. The molecule has 1 unspecified atom stereocenters. The fraction of sp³-hybridized carbons (Fsp3) is 0.333. The van der Waals surface area contributed by atoms with Gasteiger partial charge in [-0.05, 0) is 19.1 Å². The van der Waals surface area contributed by atoms with Crippen molar-refractivity contribution in [1.29, 1.82) is 0 Å². The summed E-state index contributed by atoms with van der Waals surface area (Å²) in [6.45, 7) is 1.12. The summed E-state index contributed by atoms with van der Waals surface area (Å²) in [5.74, 6) is -2.48. The molecular weight excluding hydrogens is 296 g/mol. The zero-order chi connectivity index (χ0) is 16.2. The van der Waals surface area contributed by atoms with Crippen LogP contribution in [0.3, 0.4) is 0 Å². The summed E-state index contributed by atoms with van der Waals surface area (Å²) in [6, 6.07) is 0.736. The molecule has 1 aromatic carbocycles. The number of para-hydroxylation sites is 1. The lowest BCUT2D eigenvalue weighted by Crippen LogP contribution is -2.39. The van der Waals surface area contributed by atoms with Crippen LogP contribution >= 0.6 is 0 Å². The smallest absolute Gasteiger partial charge is 0.391 e. The van der Waals surface area contributed by atoms with E-state index in [4.69, 9.17) is 5.11 Å². The molecule has 0 bridgehead atoms. The van der Waals surface area contributed by atoms with Gasteiger partial charge in [0.2, 0.25) is 0 Å². The number of urea groups is 1. The van der Waals surface area contributed by atoms with Gasteiger partial charge in [0, 0.05) is 6.04 Å². The largest absolute Gasteiger partial charge is 0.478 e. The summed E-state index contributed by atoms with van der Waals surface area (Å²) in [5.41, 5.74) is -1.12. The van der Waals surface area contributed by atoms with Gasteiger partial charge in [-0.15, -0.1) is 0 Å². The van der Waals surface area contributed by atoms with Crippen LogP contribution in [0.1, 0.15) is 23.7 Å². The summed E-state index contributed by atoms with van der Waals surface area (Å²) in [5, 5.41) is 12.7. The van der Waals surface area contributed by atoms with Crippen LogP contribution in [0.5, 0.6) is 0 Å². The van der Waals surface area contributed by atoms with Crippen LogP contribution < -0.4 is 10.6 Å².